The van der Waals surface area contributed by atoms with Crippen molar-refractivity contribution in [2.75, 3.05) is 25.6 Å². The minimum Gasteiger partial charge on any atom is -0.497 e. The molecule has 112 valence electrons. The van der Waals surface area contributed by atoms with Gasteiger partial charge in [-0.1, -0.05) is 19.1 Å². The van der Waals surface area contributed by atoms with Crippen LogP contribution in [0.4, 0.5) is 5.95 Å². The number of anilines is 1. The topological polar surface area (TPSA) is 50.3 Å². The summed E-state index contributed by atoms with van der Waals surface area (Å²) in [6.45, 7) is 4.56. The van der Waals surface area contributed by atoms with Crippen molar-refractivity contribution in [3.63, 3.8) is 0 Å². The van der Waals surface area contributed by atoms with Gasteiger partial charge in [0.1, 0.15) is 5.75 Å². The Balaban J connectivity index is 2.00. The molecule has 0 aliphatic heterocycles. The van der Waals surface area contributed by atoms with E-state index in [2.05, 4.69) is 28.3 Å². The van der Waals surface area contributed by atoms with Crippen LogP contribution >= 0.6 is 0 Å². The highest BCUT2D eigenvalue weighted by Crippen LogP contribution is 2.15. The van der Waals surface area contributed by atoms with Crippen molar-refractivity contribution >= 4 is 5.95 Å². The standard InChI is InChI=1S/C16H22N4O/c1-4-17-9-14-10-18-16(19-11-14)20(2)12-13-6-5-7-15(8-13)21-3/h5-8,10-11,17H,4,9,12H2,1-3H3. The summed E-state index contributed by atoms with van der Waals surface area (Å²) >= 11 is 0. The lowest BCUT2D eigenvalue weighted by atomic mass is 10.2. The van der Waals surface area contributed by atoms with Gasteiger partial charge in [-0.2, -0.15) is 0 Å². The van der Waals surface area contributed by atoms with E-state index in [1.165, 1.54) is 0 Å². The van der Waals surface area contributed by atoms with Crippen LogP contribution in [0.15, 0.2) is 36.7 Å². The van der Waals surface area contributed by atoms with Crippen molar-refractivity contribution in [2.45, 2.75) is 20.0 Å². The van der Waals surface area contributed by atoms with Gasteiger partial charge in [0.2, 0.25) is 5.95 Å². The first-order valence-electron chi connectivity index (χ1n) is 7.08. The summed E-state index contributed by atoms with van der Waals surface area (Å²) in [7, 11) is 3.66. The minimum absolute atomic E-state index is 0.720. The zero-order chi connectivity index (χ0) is 15.1. The molecular weight excluding hydrogens is 264 g/mol. The van der Waals surface area contributed by atoms with Crippen molar-refractivity contribution in [1.29, 1.82) is 0 Å². The highest BCUT2D eigenvalue weighted by molar-refractivity contribution is 5.34. The fourth-order valence-electron chi connectivity index (χ4n) is 2.02. The molecule has 0 radical (unpaired) electrons. The summed E-state index contributed by atoms with van der Waals surface area (Å²) in [5, 5.41) is 3.26. The number of hydrogen-bond donors (Lipinski definition) is 1. The first-order valence-corrected chi connectivity index (χ1v) is 7.08. The molecule has 0 unspecified atom stereocenters. The van der Waals surface area contributed by atoms with Crippen molar-refractivity contribution in [3.05, 3.63) is 47.8 Å². The zero-order valence-electron chi connectivity index (χ0n) is 12.8. The second kappa shape index (κ2) is 7.59. The summed E-state index contributed by atoms with van der Waals surface area (Å²) in [6.07, 6.45) is 3.74. The lowest BCUT2D eigenvalue weighted by Crippen LogP contribution is -2.19. The molecule has 0 saturated carbocycles. The third-order valence-corrected chi connectivity index (χ3v) is 3.17. The van der Waals surface area contributed by atoms with Crippen LogP contribution in [0.2, 0.25) is 0 Å². The molecule has 1 N–H and O–H groups in total. The summed E-state index contributed by atoms with van der Waals surface area (Å²) in [6, 6.07) is 8.02. The lowest BCUT2D eigenvalue weighted by Gasteiger charge is -2.17. The average Bonchev–Trinajstić information content (AvgIpc) is 2.53. The third-order valence-electron chi connectivity index (χ3n) is 3.17. The van der Waals surface area contributed by atoms with Crippen LogP contribution in [0.3, 0.4) is 0 Å². The molecule has 1 aromatic heterocycles. The van der Waals surface area contributed by atoms with Crippen LogP contribution in [0.1, 0.15) is 18.1 Å². The molecule has 0 spiro atoms. The average molecular weight is 286 g/mol. The summed E-state index contributed by atoms with van der Waals surface area (Å²) in [5.41, 5.74) is 2.26. The summed E-state index contributed by atoms with van der Waals surface area (Å²) in [4.78, 5) is 10.8. The van der Waals surface area contributed by atoms with Crippen molar-refractivity contribution in [3.8, 4) is 5.75 Å². The molecule has 0 amide bonds. The Hall–Kier alpha value is -2.14. The maximum absolute atomic E-state index is 5.24. The Bertz CT molecular complexity index is 556. The van der Waals surface area contributed by atoms with Crippen molar-refractivity contribution < 1.29 is 4.74 Å². The molecule has 2 rings (SSSR count). The predicted molar refractivity (Wildman–Crippen MR) is 84.5 cm³/mol. The Labute approximate surface area is 126 Å². The normalized spacial score (nSPS) is 10.4. The van der Waals surface area contributed by atoms with E-state index < -0.39 is 0 Å². The smallest absolute Gasteiger partial charge is 0.225 e. The summed E-state index contributed by atoms with van der Waals surface area (Å²) in [5.74, 6) is 1.58. The fourth-order valence-corrected chi connectivity index (χ4v) is 2.02. The van der Waals surface area contributed by atoms with E-state index in [4.69, 9.17) is 4.74 Å². The van der Waals surface area contributed by atoms with Gasteiger partial charge in [0.25, 0.3) is 0 Å². The van der Waals surface area contributed by atoms with E-state index in [1.807, 2.05) is 42.5 Å². The molecule has 0 aliphatic carbocycles. The Morgan fingerprint density at radius 3 is 2.62 bits per heavy atom. The molecule has 5 nitrogen and oxygen atoms in total. The second-order valence-electron chi connectivity index (χ2n) is 4.88. The first kappa shape index (κ1) is 15.3. The molecule has 0 bridgehead atoms. The number of benzene rings is 1. The van der Waals surface area contributed by atoms with Gasteiger partial charge in [-0.15, -0.1) is 0 Å². The van der Waals surface area contributed by atoms with Crippen LogP contribution in [0.25, 0.3) is 0 Å². The molecular formula is C16H22N4O. The molecule has 2 aromatic rings. The quantitative estimate of drug-likeness (QED) is 0.846. The van der Waals surface area contributed by atoms with E-state index >= 15 is 0 Å². The van der Waals surface area contributed by atoms with Gasteiger partial charge in [0.15, 0.2) is 0 Å². The summed E-state index contributed by atoms with van der Waals surface area (Å²) < 4.78 is 5.24. The monoisotopic (exact) mass is 286 g/mol. The largest absolute Gasteiger partial charge is 0.497 e. The van der Waals surface area contributed by atoms with Gasteiger partial charge in [-0.05, 0) is 24.2 Å². The maximum atomic E-state index is 5.24. The van der Waals surface area contributed by atoms with Gasteiger partial charge < -0.3 is 15.0 Å². The van der Waals surface area contributed by atoms with Crippen LogP contribution in [-0.2, 0) is 13.1 Å². The minimum atomic E-state index is 0.720. The molecule has 0 aliphatic rings. The number of nitrogens with zero attached hydrogens (tertiary/aromatic N) is 3. The number of methoxy groups -OCH3 is 1. The van der Waals surface area contributed by atoms with E-state index in [9.17, 15) is 0 Å². The first-order chi connectivity index (χ1) is 10.2. The predicted octanol–water partition coefficient (Wildman–Crippen LogP) is 2.23. The van der Waals surface area contributed by atoms with Gasteiger partial charge in [-0.25, -0.2) is 9.97 Å². The molecule has 0 atom stereocenters. The number of aromatic nitrogens is 2. The van der Waals surface area contributed by atoms with Crippen molar-refractivity contribution in [1.82, 2.24) is 15.3 Å². The molecule has 1 heterocycles. The number of ether oxygens (including phenoxy) is 1. The highest BCUT2D eigenvalue weighted by atomic mass is 16.5. The second-order valence-corrected chi connectivity index (χ2v) is 4.88. The van der Waals surface area contributed by atoms with Gasteiger partial charge in [-0.3, -0.25) is 0 Å². The number of hydrogen-bond acceptors (Lipinski definition) is 5. The molecule has 0 saturated heterocycles. The number of nitrogens with one attached hydrogen (secondary N) is 1. The van der Waals surface area contributed by atoms with Gasteiger partial charge in [0, 0.05) is 38.1 Å². The van der Waals surface area contributed by atoms with Crippen LogP contribution < -0.4 is 15.0 Å². The van der Waals surface area contributed by atoms with Crippen molar-refractivity contribution in [2.24, 2.45) is 0 Å². The Morgan fingerprint density at radius 1 is 1.19 bits per heavy atom. The molecule has 0 fully saturated rings. The fraction of sp³-hybridized carbons (Fsp3) is 0.375. The van der Waals surface area contributed by atoms with Gasteiger partial charge in [0.05, 0.1) is 7.11 Å². The number of rotatable bonds is 7. The maximum Gasteiger partial charge on any atom is 0.225 e. The van der Waals surface area contributed by atoms with E-state index in [0.29, 0.717) is 0 Å². The van der Waals surface area contributed by atoms with Crippen LogP contribution in [0, 0.1) is 0 Å². The Morgan fingerprint density at radius 2 is 1.95 bits per heavy atom. The third kappa shape index (κ3) is 4.43. The van der Waals surface area contributed by atoms with Crippen LogP contribution in [-0.4, -0.2) is 30.7 Å². The van der Waals surface area contributed by atoms with Gasteiger partial charge >= 0.3 is 0 Å². The lowest BCUT2D eigenvalue weighted by molar-refractivity contribution is 0.414. The van der Waals surface area contributed by atoms with E-state index in [1.54, 1.807) is 7.11 Å². The zero-order valence-corrected chi connectivity index (χ0v) is 12.8. The molecule has 5 heteroatoms. The SMILES string of the molecule is CCNCc1cnc(N(C)Cc2cccc(OC)c2)nc1. The van der Waals surface area contributed by atoms with E-state index in [-0.39, 0.29) is 0 Å². The van der Waals surface area contributed by atoms with E-state index in [0.717, 1.165) is 42.5 Å². The molecule has 21 heavy (non-hydrogen) atoms. The highest BCUT2D eigenvalue weighted by Gasteiger charge is 2.06. The Kier molecular flexibility index (Phi) is 5.51. The molecule has 1 aromatic carbocycles. The van der Waals surface area contributed by atoms with Crippen LogP contribution in [0.5, 0.6) is 5.75 Å².